The first-order valence-electron chi connectivity index (χ1n) is 5.41. The number of hydrogen-bond donors (Lipinski definition) is 2. The summed E-state index contributed by atoms with van der Waals surface area (Å²) in [6, 6.07) is 4.07. The molecular formula is C11H14Cl2N2O2S2. The zero-order chi connectivity index (χ0) is 14.8. The van der Waals surface area contributed by atoms with Gasteiger partial charge in [-0.15, -0.1) is 0 Å². The van der Waals surface area contributed by atoms with Crippen LogP contribution in [0.3, 0.4) is 0 Å². The summed E-state index contributed by atoms with van der Waals surface area (Å²) in [6.07, 6.45) is 0.426. The molecule has 0 aliphatic rings. The predicted molar refractivity (Wildman–Crippen MR) is 82.3 cm³/mol. The van der Waals surface area contributed by atoms with E-state index in [9.17, 15) is 8.42 Å². The van der Waals surface area contributed by atoms with Crippen molar-refractivity contribution in [3.63, 3.8) is 0 Å². The average molecular weight is 341 g/mol. The van der Waals surface area contributed by atoms with Crippen LogP contribution in [-0.2, 0) is 10.0 Å². The van der Waals surface area contributed by atoms with Crippen molar-refractivity contribution in [1.29, 1.82) is 0 Å². The van der Waals surface area contributed by atoms with Crippen molar-refractivity contribution in [2.45, 2.75) is 30.7 Å². The molecule has 0 aliphatic carbocycles. The normalized spacial score (nSPS) is 14.9. The van der Waals surface area contributed by atoms with E-state index in [4.69, 9.17) is 41.2 Å². The van der Waals surface area contributed by atoms with Crippen LogP contribution in [0.5, 0.6) is 0 Å². The molecule has 0 aliphatic heterocycles. The number of sulfonamides is 1. The van der Waals surface area contributed by atoms with E-state index in [2.05, 4.69) is 4.72 Å². The Balaban J connectivity index is 3.21. The minimum atomic E-state index is -3.81. The van der Waals surface area contributed by atoms with Crippen LogP contribution in [0.15, 0.2) is 23.1 Å². The zero-order valence-corrected chi connectivity index (χ0v) is 13.6. The van der Waals surface area contributed by atoms with Gasteiger partial charge in [0.05, 0.1) is 15.4 Å². The summed E-state index contributed by atoms with van der Waals surface area (Å²) in [4.78, 5) is 0.0487. The third-order valence-electron chi connectivity index (χ3n) is 2.76. The minimum absolute atomic E-state index is 0.0269. The van der Waals surface area contributed by atoms with Crippen LogP contribution in [0.2, 0.25) is 10.0 Å². The first-order valence-corrected chi connectivity index (χ1v) is 8.05. The van der Waals surface area contributed by atoms with E-state index in [0.717, 1.165) is 0 Å². The number of nitrogens with two attached hydrogens (primary N) is 1. The van der Waals surface area contributed by atoms with E-state index in [1.165, 1.54) is 18.2 Å². The van der Waals surface area contributed by atoms with E-state index in [0.29, 0.717) is 6.42 Å². The quantitative estimate of drug-likeness (QED) is 0.808. The predicted octanol–water partition coefficient (Wildman–Crippen LogP) is 2.73. The number of rotatable bonds is 5. The highest BCUT2D eigenvalue weighted by atomic mass is 35.5. The summed E-state index contributed by atoms with van der Waals surface area (Å²) in [5.41, 5.74) is 4.58. The second kappa shape index (κ2) is 5.93. The van der Waals surface area contributed by atoms with Gasteiger partial charge in [-0.2, -0.15) is 4.72 Å². The van der Waals surface area contributed by atoms with Crippen molar-refractivity contribution < 1.29 is 8.42 Å². The molecule has 0 aromatic heterocycles. The molecule has 0 fully saturated rings. The summed E-state index contributed by atoms with van der Waals surface area (Å²) in [5.74, 6) is 0. The fraction of sp³-hybridized carbons (Fsp3) is 0.364. The molecule has 8 heteroatoms. The molecule has 1 atom stereocenters. The summed E-state index contributed by atoms with van der Waals surface area (Å²) in [6.45, 7) is 3.41. The lowest BCUT2D eigenvalue weighted by Crippen LogP contribution is -2.53. The molecule has 19 heavy (non-hydrogen) atoms. The lowest BCUT2D eigenvalue weighted by atomic mass is 10.0. The van der Waals surface area contributed by atoms with E-state index in [-0.39, 0.29) is 19.9 Å². The molecule has 0 amide bonds. The van der Waals surface area contributed by atoms with E-state index in [1.807, 2.05) is 0 Å². The molecule has 0 spiro atoms. The van der Waals surface area contributed by atoms with Gasteiger partial charge in [0.15, 0.2) is 0 Å². The van der Waals surface area contributed by atoms with Gasteiger partial charge < -0.3 is 5.73 Å². The lowest BCUT2D eigenvalue weighted by molar-refractivity contribution is 0.511. The molecule has 106 valence electrons. The zero-order valence-electron chi connectivity index (χ0n) is 10.4. The topological polar surface area (TPSA) is 72.2 Å². The molecule has 1 rings (SSSR count). The van der Waals surface area contributed by atoms with E-state index >= 15 is 0 Å². The van der Waals surface area contributed by atoms with Gasteiger partial charge in [0.25, 0.3) is 0 Å². The van der Waals surface area contributed by atoms with Gasteiger partial charge in [-0.05, 0) is 31.5 Å². The van der Waals surface area contributed by atoms with Crippen molar-refractivity contribution >= 4 is 50.4 Å². The maximum atomic E-state index is 12.3. The molecule has 0 bridgehead atoms. The molecule has 4 nitrogen and oxygen atoms in total. The largest absolute Gasteiger partial charge is 0.392 e. The van der Waals surface area contributed by atoms with Crippen LogP contribution in [0, 0.1) is 0 Å². The summed E-state index contributed by atoms with van der Waals surface area (Å²) in [7, 11) is -3.81. The summed E-state index contributed by atoms with van der Waals surface area (Å²) < 4.78 is 27.0. The van der Waals surface area contributed by atoms with Gasteiger partial charge in [-0.1, -0.05) is 42.3 Å². The smallest absolute Gasteiger partial charge is 0.241 e. The Hall–Kier alpha value is -0.400. The summed E-state index contributed by atoms with van der Waals surface area (Å²) in [5, 5.41) is 0.475. The van der Waals surface area contributed by atoms with Gasteiger partial charge in [0, 0.05) is 10.0 Å². The van der Waals surface area contributed by atoms with Crippen LogP contribution in [-0.4, -0.2) is 18.9 Å². The minimum Gasteiger partial charge on any atom is -0.392 e. The standard InChI is InChI=1S/C11H14Cl2N2O2S2/c1-3-11(2,10(14)18)15-19(16,17)9-5-7(12)4-8(13)6-9/h4-6,15H,3H2,1-2H3,(H2,14,18). The summed E-state index contributed by atoms with van der Waals surface area (Å²) >= 11 is 16.5. The molecule has 0 saturated carbocycles. The average Bonchev–Trinajstić information content (AvgIpc) is 2.26. The molecule has 1 aromatic rings. The molecule has 0 radical (unpaired) electrons. The van der Waals surface area contributed by atoms with Crippen molar-refractivity contribution in [2.24, 2.45) is 5.73 Å². The fourth-order valence-corrected chi connectivity index (χ4v) is 3.78. The Labute approximate surface area is 128 Å². The van der Waals surface area contributed by atoms with Crippen LogP contribution in [0.4, 0.5) is 0 Å². The maximum Gasteiger partial charge on any atom is 0.241 e. The second-order valence-electron chi connectivity index (χ2n) is 4.26. The number of thiocarbonyl (C=S) groups is 1. The monoisotopic (exact) mass is 340 g/mol. The fourth-order valence-electron chi connectivity index (χ4n) is 1.34. The lowest BCUT2D eigenvalue weighted by Gasteiger charge is -2.27. The van der Waals surface area contributed by atoms with Crippen molar-refractivity contribution in [2.75, 3.05) is 0 Å². The molecule has 3 N–H and O–H groups in total. The SMILES string of the molecule is CCC(C)(NS(=O)(=O)c1cc(Cl)cc(Cl)c1)C(N)=S. The first kappa shape index (κ1) is 16.7. The maximum absolute atomic E-state index is 12.3. The van der Waals surface area contributed by atoms with Crippen LogP contribution in [0.1, 0.15) is 20.3 Å². The van der Waals surface area contributed by atoms with Crippen LogP contribution < -0.4 is 10.5 Å². The molecule has 1 unspecified atom stereocenters. The molecule has 1 aromatic carbocycles. The molecular weight excluding hydrogens is 327 g/mol. The highest BCUT2D eigenvalue weighted by molar-refractivity contribution is 7.89. The Bertz CT molecular complexity index is 584. The van der Waals surface area contributed by atoms with Crippen LogP contribution >= 0.6 is 35.4 Å². The van der Waals surface area contributed by atoms with Crippen LogP contribution in [0.25, 0.3) is 0 Å². The van der Waals surface area contributed by atoms with Gasteiger partial charge in [-0.3, -0.25) is 0 Å². The number of hydrogen-bond acceptors (Lipinski definition) is 3. The Morgan fingerprint density at radius 2 is 1.84 bits per heavy atom. The number of benzene rings is 1. The Morgan fingerprint density at radius 1 is 1.37 bits per heavy atom. The van der Waals surface area contributed by atoms with Gasteiger partial charge in [0.2, 0.25) is 10.0 Å². The van der Waals surface area contributed by atoms with Crippen molar-refractivity contribution in [3.8, 4) is 0 Å². The van der Waals surface area contributed by atoms with Gasteiger partial charge >= 0.3 is 0 Å². The molecule has 0 saturated heterocycles. The Morgan fingerprint density at radius 3 is 2.21 bits per heavy atom. The van der Waals surface area contributed by atoms with Crippen molar-refractivity contribution in [1.82, 2.24) is 4.72 Å². The van der Waals surface area contributed by atoms with Crippen molar-refractivity contribution in [3.05, 3.63) is 28.2 Å². The number of nitrogens with one attached hydrogen (secondary N) is 1. The highest BCUT2D eigenvalue weighted by Gasteiger charge is 2.32. The second-order valence-corrected chi connectivity index (χ2v) is 7.26. The molecule has 0 heterocycles. The Kier molecular flexibility index (Phi) is 5.20. The van der Waals surface area contributed by atoms with E-state index < -0.39 is 15.6 Å². The van der Waals surface area contributed by atoms with Gasteiger partial charge in [0.1, 0.15) is 0 Å². The third kappa shape index (κ3) is 4.03. The first-order chi connectivity index (χ1) is 8.60. The highest BCUT2D eigenvalue weighted by Crippen LogP contribution is 2.24. The van der Waals surface area contributed by atoms with Gasteiger partial charge in [-0.25, -0.2) is 8.42 Å². The third-order valence-corrected chi connectivity index (χ3v) is 5.22. The van der Waals surface area contributed by atoms with E-state index in [1.54, 1.807) is 13.8 Å². The number of halogens is 2.